The van der Waals surface area contributed by atoms with E-state index in [0.717, 1.165) is 0 Å². The first kappa shape index (κ1) is 15.8. The van der Waals surface area contributed by atoms with Crippen LogP contribution < -0.4 is 10.1 Å². The summed E-state index contributed by atoms with van der Waals surface area (Å²) in [5, 5.41) is 7.20. The maximum Gasteiger partial charge on any atom is 0.256 e. The van der Waals surface area contributed by atoms with Gasteiger partial charge in [0.05, 0.1) is 13.7 Å². The third kappa shape index (κ3) is 3.81. The number of nitrogens with one attached hydrogen (secondary N) is 1. The number of amides is 1. The van der Waals surface area contributed by atoms with Gasteiger partial charge in [-0.05, 0) is 30.7 Å². The first-order valence-corrected chi connectivity index (χ1v) is 7.68. The highest BCUT2D eigenvalue weighted by molar-refractivity contribution is 6.03. The molecule has 0 aliphatic heterocycles. The Kier molecular flexibility index (Phi) is 4.61. The number of benzene rings is 2. The first-order valence-electron chi connectivity index (χ1n) is 7.68. The second kappa shape index (κ2) is 7.00. The molecule has 5 heteroatoms. The summed E-state index contributed by atoms with van der Waals surface area (Å²) in [6, 6.07) is 17.1. The predicted octanol–water partition coefficient (Wildman–Crippen LogP) is 3.50. The molecule has 0 saturated carbocycles. The molecule has 0 saturated heterocycles. The fourth-order valence-corrected chi connectivity index (χ4v) is 2.47. The molecule has 1 amide bonds. The zero-order valence-corrected chi connectivity index (χ0v) is 13.7. The van der Waals surface area contributed by atoms with Crippen LogP contribution in [0.5, 0.6) is 5.75 Å². The van der Waals surface area contributed by atoms with Gasteiger partial charge in [0.25, 0.3) is 5.91 Å². The van der Waals surface area contributed by atoms with Crippen LogP contribution in [0.3, 0.4) is 0 Å². The molecule has 0 radical (unpaired) electrons. The average molecular weight is 321 g/mol. The van der Waals surface area contributed by atoms with Crippen molar-refractivity contribution >= 4 is 11.7 Å². The molecule has 1 aromatic heterocycles. The van der Waals surface area contributed by atoms with Gasteiger partial charge < -0.3 is 10.1 Å². The number of carbonyl (C=O) groups excluding carboxylic acids is 1. The molecule has 24 heavy (non-hydrogen) atoms. The van der Waals surface area contributed by atoms with Crippen molar-refractivity contribution in [2.24, 2.45) is 0 Å². The highest BCUT2D eigenvalue weighted by atomic mass is 16.5. The van der Waals surface area contributed by atoms with Crippen LogP contribution in [0.1, 0.15) is 21.5 Å². The van der Waals surface area contributed by atoms with Crippen LogP contribution in [0.2, 0.25) is 0 Å². The van der Waals surface area contributed by atoms with E-state index in [-0.39, 0.29) is 5.91 Å². The molecule has 2 aromatic carbocycles. The predicted molar refractivity (Wildman–Crippen MR) is 93.5 cm³/mol. The molecule has 5 nitrogen and oxygen atoms in total. The Morgan fingerprint density at radius 2 is 2.00 bits per heavy atom. The number of carbonyl (C=O) groups is 1. The Morgan fingerprint density at radius 1 is 1.17 bits per heavy atom. The van der Waals surface area contributed by atoms with Crippen LogP contribution in [-0.2, 0) is 6.54 Å². The number of anilines is 1. The molecule has 122 valence electrons. The van der Waals surface area contributed by atoms with Crippen molar-refractivity contribution in [2.75, 3.05) is 12.4 Å². The van der Waals surface area contributed by atoms with E-state index in [2.05, 4.69) is 35.5 Å². The third-order valence-electron chi connectivity index (χ3n) is 3.64. The van der Waals surface area contributed by atoms with Crippen LogP contribution in [0.25, 0.3) is 0 Å². The minimum Gasteiger partial charge on any atom is -0.497 e. The Bertz CT molecular complexity index is 855. The van der Waals surface area contributed by atoms with Crippen molar-refractivity contribution < 1.29 is 9.53 Å². The third-order valence-corrected chi connectivity index (χ3v) is 3.64. The number of aromatic nitrogens is 2. The fraction of sp³-hybridized carbons (Fsp3) is 0.158. The van der Waals surface area contributed by atoms with Gasteiger partial charge in [-0.2, -0.15) is 5.10 Å². The topological polar surface area (TPSA) is 56.1 Å². The van der Waals surface area contributed by atoms with Gasteiger partial charge >= 0.3 is 0 Å². The minimum absolute atomic E-state index is 0.213. The van der Waals surface area contributed by atoms with Crippen molar-refractivity contribution in [2.45, 2.75) is 13.5 Å². The van der Waals surface area contributed by atoms with E-state index in [4.69, 9.17) is 4.74 Å². The van der Waals surface area contributed by atoms with Gasteiger partial charge in [0.2, 0.25) is 0 Å². The Balaban J connectivity index is 1.68. The zero-order valence-electron chi connectivity index (χ0n) is 13.7. The average Bonchev–Trinajstić information content (AvgIpc) is 3.01. The molecule has 0 bridgehead atoms. The van der Waals surface area contributed by atoms with Gasteiger partial charge in [0.1, 0.15) is 5.75 Å². The number of ether oxygens (including phenoxy) is 1. The lowest BCUT2D eigenvalue weighted by atomic mass is 10.1. The van der Waals surface area contributed by atoms with Gasteiger partial charge in [0, 0.05) is 17.8 Å². The lowest BCUT2D eigenvalue weighted by Gasteiger charge is -2.05. The molecule has 0 spiro atoms. The molecular formula is C19H19N3O2. The number of rotatable bonds is 5. The van der Waals surface area contributed by atoms with E-state index in [1.165, 1.54) is 11.1 Å². The standard InChI is InChI=1S/C19H19N3O2/c1-14-5-3-6-15(11-14)13-22-10-9-18(21-22)20-19(23)16-7-4-8-17(12-16)24-2/h3-12H,13H2,1-2H3,(H,20,21,23). The molecule has 0 atom stereocenters. The Labute approximate surface area is 140 Å². The molecule has 3 aromatic rings. The maximum absolute atomic E-state index is 12.3. The first-order chi connectivity index (χ1) is 11.6. The lowest BCUT2D eigenvalue weighted by molar-refractivity contribution is 0.102. The molecule has 1 heterocycles. The minimum atomic E-state index is -0.213. The molecule has 0 aliphatic carbocycles. The zero-order chi connectivity index (χ0) is 16.9. The number of hydrogen-bond acceptors (Lipinski definition) is 3. The molecular weight excluding hydrogens is 302 g/mol. The summed E-state index contributed by atoms with van der Waals surface area (Å²) < 4.78 is 6.94. The highest BCUT2D eigenvalue weighted by Crippen LogP contribution is 2.14. The quantitative estimate of drug-likeness (QED) is 0.782. The summed E-state index contributed by atoms with van der Waals surface area (Å²) in [6.45, 7) is 2.73. The Morgan fingerprint density at radius 3 is 2.79 bits per heavy atom. The monoisotopic (exact) mass is 321 g/mol. The largest absolute Gasteiger partial charge is 0.497 e. The smallest absolute Gasteiger partial charge is 0.256 e. The summed E-state index contributed by atoms with van der Waals surface area (Å²) in [4.78, 5) is 12.3. The van der Waals surface area contributed by atoms with Crippen molar-refractivity contribution in [3.05, 3.63) is 77.5 Å². The van der Waals surface area contributed by atoms with Crippen LogP contribution in [0, 0.1) is 6.92 Å². The molecule has 0 fully saturated rings. The fourth-order valence-electron chi connectivity index (χ4n) is 2.47. The van der Waals surface area contributed by atoms with E-state index in [9.17, 15) is 4.79 Å². The van der Waals surface area contributed by atoms with Gasteiger partial charge in [-0.15, -0.1) is 0 Å². The lowest BCUT2D eigenvalue weighted by Crippen LogP contribution is -2.13. The van der Waals surface area contributed by atoms with Crippen LogP contribution >= 0.6 is 0 Å². The van der Waals surface area contributed by atoms with E-state index in [1.54, 1.807) is 42.1 Å². The van der Waals surface area contributed by atoms with Crippen molar-refractivity contribution in [3.63, 3.8) is 0 Å². The summed E-state index contributed by atoms with van der Waals surface area (Å²) >= 11 is 0. The summed E-state index contributed by atoms with van der Waals surface area (Å²) in [5.74, 6) is 0.956. The number of aryl methyl sites for hydroxylation is 1. The number of nitrogens with zero attached hydrogens (tertiary/aromatic N) is 2. The van der Waals surface area contributed by atoms with Gasteiger partial charge in [-0.3, -0.25) is 9.48 Å². The van der Waals surface area contributed by atoms with Gasteiger partial charge in [0.15, 0.2) is 5.82 Å². The highest BCUT2D eigenvalue weighted by Gasteiger charge is 2.09. The second-order valence-electron chi connectivity index (χ2n) is 5.57. The van der Waals surface area contributed by atoms with E-state index >= 15 is 0 Å². The van der Waals surface area contributed by atoms with Crippen molar-refractivity contribution in [1.29, 1.82) is 0 Å². The van der Waals surface area contributed by atoms with Crippen LogP contribution in [-0.4, -0.2) is 22.8 Å². The van der Waals surface area contributed by atoms with E-state index in [1.807, 2.05) is 12.3 Å². The van der Waals surface area contributed by atoms with Gasteiger partial charge in [-0.25, -0.2) is 0 Å². The van der Waals surface area contributed by atoms with E-state index < -0.39 is 0 Å². The van der Waals surface area contributed by atoms with Crippen molar-refractivity contribution in [1.82, 2.24) is 9.78 Å². The summed E-state index contributed by atoms with van der Waals surface area (Å²) in [6.07, 6.45) is 1.85. The van der Waals surface area contributed by atoms with Crippen LogP contribution in [0.15, 0.2) is 60.8 Å². The number of hydrogen-bond donors (Lipinski definition) is 1. The van der Waals surface area contributed by atoms with Crippen molar-refractivity contribution in [3.8, 4) is 5.75 Å². The molecule has 1 N–H and O–H groups in total. The molecule has 0 aliphatic rings. The SMILES string of the molecule is COc1cccc(C(=O)Nc2ccn(Cc3cccc(C)c3)n2)c1. The molecule has 0 unspecified atom stereocenters. The molecule has 3 rings (SSSR count). The summed E-state index contributed by atoms with van der Waals surface area (Å²) in [5.41, 5.74) is 2.91. The van der Waals surface area contributed by atoms with Gasteiger partial charge in [-0.1, -0.05) is 35.9 Å². The normalized spacial score (nSPS) is 10.4. The second-order valence-corrected chi connectivity index (χ2v) is 5.57. The Hall–Kier alpha value is -3.08. The van der Waals surface area contributed by atoms with E-state index in [0.29, 0.717) is 23.7 Å². The summed E-state index contributed by atoms with van der Waals surface area (Å²) in [7, 11) is 1.57. The number of methoxy groups -OCH3 is 1. The maximum atomic E-state index is 12.3. The van der Waals surface area contributed by atoms with Crippen LogP contribution in [0.4, 0.5) is 5.82 Å².